The first kappa shape index (κ1) is 16.0. The van der Waals surface area contributed by atoms with Crippen molar-refractivity contribution in [1.82, 2.24) is 4.98 Å². The number of hydrogen-bond donors (Lipinski definition) is 1. The van der Waals surface area contributed by atoms with Gasteiger partial charge in [0.15, 0.2) is 0 Å². The lowest BCUT2D eigenvalue weighted by Crippen LogP contribution is -2.30. The van der Waals surface area contributed by atoms with Crippen LogP contribution in [0.25, 0.3) is 0 Å². The Labute approximate surface area is 127 Å². The number of aryl methyl sites for hydroxylation is 1. The summed E-state index contributed by atoms with van der Waals surface area (Å²) in [5.41, 5.74) is 3.69. The summed E-state index contributed by atoms with van der Waals surface area (Å²) in [5.74, 6) is -0.0968. The molecular weight excluding hydrogens is 262 g/mol. The van der Waals surface area contributed by atoms with Gasteiger partial charge in [-0.1, -0.05) is 41.0 Å². The topological polar surface area (TPSA) is 50.2 Å². The van der Waals surface area contributed by atoms with Crippen molar-refractivity contribution in [1.29, 1.82) is 0 Å². The molecular formula is C18H27NO2. The first-order valence-electron chi connectivity index (χ1n) is 8.02. The summed E-state index contributed by atoms with van der Waals surface area (Å²) in [6.45, 7) is 10.9. The molecule has 0 bridgehead atoms. The summed E-state index contributed by atoms with van der Waals surface area (Å²) in [4.78, 5) is 16.2. The van der Waals surface area contributed by atoms with Gasteiger partial charge in [-0.05, 0) is 48.1 Å². The van der Waals surface area contributed by atoms with Crippen LogP contribution < -0.4 is 0 Å². The molecule has 0 fully saturated rings. The van der Waals surface area contributed by atoms with Crippen LogP contribution in [0, 0.1) is 11.3 Å². The first-order chi connectivity index (χ1) is 9.76. The average molecular weight is 289 g/mol. The molecule has 3 nitrogen and oxygen atoms in total. The Morgan fingerprint density at radius 3 is 2.67 bits per heavy atom. The molecule has 1 atom stereocenters. The van der Waals surface area contributed by atoms with E-state index in [2.05, 4.69) is 20.8 Å². The largest absolute Gasteiger partial charge is 0.478 e. The van der Waals surface area contributed by atoms with Crippen molar-refractivity contribution in [3.63, 3.8) is 0 Å². The van der Waals surface area contributed by atoms with Crippen molar-refractivity contribution in [2.75, 3.05) is 0 Å². The Morgan fingerprint density at radius 2 is 2.14 bits per heavy atom. The number of carboxylic acids is 1. The van der Waals surface area contributed by atoms with Gasteiger partial charge in [-0.25, -0.2) is 4.79 Å². The van der Waals surface area contributed by atoms with Gasteiger partial charge in [0, 0.05) is 5.69 Å². The zero-order valence-electron chi connectivity index (χ0n) is 13.9. The van der Waals surface area contributed by atoms with Crippen LogP contribution in [0.3, 0.4) is 0 Å². The minimum atomic E-state index is -0.856. The number of carbonyl (C=O) groups is 1. The van der Waals surface area contributed by atoms with Crippen LogP contribution in [-0.2, 0) is 12.8 Å². The summed E-state index contributed by atoms with van der Waals surface area (Å²) in [6, 6.07) is 1.89. The number of pyridine rings is 1. The third kappa shape index (κ3) is 3.12. The minimum absolute atomic E-state index is 0.145. The molecule has 3 heteroatoms. The van der Waals surface area contributed by atoms with E-state index in [0.717, 1.165) is 42.6 Å². The Balaban J connectivity index is 2.41. The molecule has 1 unspecified atom stereocenters. The summed E-state index contributed by atoms with van der Waals surface area (Å²) in [6.07, 6.45) is 4.24. The number of aromatic nitrogens is 1. The molecule has 1 aliphatic rings. The molecule has 21 heavy (non-hydrogen) atoms. The van der Waals surface area contributed by atoms with Crippen LogP contribution in [0.5, 0.6) is 0 Å². The SMILES string of the molecule is CCC(C)(C)C1CCc2nc(C(C)C)c(C(=O)O)cc2C1. The molecule has 0 aromatic carbocycles. The predicted molar refractivity (Wildman–Crippen MR) is 84.9 cm³/mol. The van der Waals surface area contributed by atoms with Crippen molar-refractivity contribution in [2.45, 2.75) is 66.2 Å². The lowest BCUT2D eigenvalue weighted by Gasteiger charge is -2.37. The monoisotopic (exact) mass is 289 g/mol. The quantitative estimate of drug-likeness (QED) is 0.891. The highest BCUT2D eigenvalue weighted by Crippen LogP contribution is 2.40. The number of rotatable bonds is 4. The summed E-state index contributed by atoms with van der Waals surface area (Å²) in [7, 11) is 0. The lowest BCUT2D eigenvalue weighted by molar-refractivity contribution is 0.0694. The molecule has 2 rings (SSSR count). The van der Waals surface area contributed by atoms with Crippen molar-refractivity contribution in [3.8, 4) is 0 Å². The first-order valence-corrected chi connectivity index (χ1v) is 8.02. The molecule has 1 aromatic heterocycles. The maximum atomic E-state index is 11.5. The molecule has 1 N–H and O–H groups in total. The van der Waals surface area contributed by atoms with E-state index in [1.165, 1.54) is 0 Å². The Kier molecular flexibility index (Phi) is 4.40. The van der Waals surface area contributed by atoms with Crippen LogP contribution in [-0.4, -0.2) is 16.1 Å². The van der Waals surface area contributed by atoms with Gasteiger partial charge in [0.2, 0.25) is 0 Å². The highest BCUT2D eigenvalue weighted by atomic mass is 16.4. The van der Waals surface area contributed by atoms with E-state index in [0.29, 0.717) is 16.9 Å². The Morgan fingerprint density at radius 1 is 1.48 bits per heavy atom. The van der Waals surface area contributed by atoms with Gasteiger partial charge in [0.25, 0.3) is 0 Å². The predicted octanol–water partition coefficient (Wildman–Crippen LogP) is 4.44. The second-order valence-electron chi connectivity index (χ2n) is 7.27. The second-order valence-corrected chi connectivity index (χ2v) is 7.27. The Hall–Kier alpha value is -1.38. The zero-order chi connectivity index (χ0) is 15.8. The van der Waals surface area contributed by atoms with Gasteiger partial charge in [0.05, 0.1) is 11.3 Å². The van der Waals surface area contributed by atoms with Crippen LogP contribution in [0.2, 0.25) is 0 Å². The molecule has 1 aromatic rings. The van der Waals surface area contributed by atoms with E-state index in [9.17, 15) is 9.90 Å². The van der Waals surface area contributed by atoms with Crippen molar-refractivity contribution in [3.05, 3.63) is 28.6 Å². The van der Waals surface area contributed by atoms with Crippen LogP contribution in [0.15, 0.2) is 6.07 Å². The van der Waals surface area contributed by atoms with E-state index in [4.69, 9.17) is 4.98 Å². The lowest BCUT2D eigenvalue weighted by atomic mass is 9.69. The minimum Gasteiger partial charge on any atom is -0.478 e. The molecule has 0 radical (unpaired) electrons. The summed E-state index contributed by atoms with van der Waals surface area (Å²) < 4.78 is 0. The molecule has 1 heterocycles. The van der Waals surface area contributed by atoms with Crippen LogP contribution in [0.4, 0.5) is 0 Å². The molecule has 0 spiro atoms. The highest BCUT2D eigenvalue weighted by molar-refractivity contribution is 5.89. The smallest absolute Gasteiger partial charge is 0.337 e. The van der Waals surface area contributed by atoms with Gasteiger partial charge in [-0.15, -0.1) is 0 Å². The van der Waals surface area contributed by atoms with Gasteiger partial charge >= 0.3 is 5.97 Å². The normalized spacial score (nSPS) is 18.7. The van der Waals surface area contributed by atoms with Crippen LogP contribution in [0.1, 0.15) is 80.7 Å². The van der Waals surface area contributed by atoms with Crippen molar-refractivity contribution in [2.24, 2.45) is 11.3 Å². The maximum absolute atomic E-state index is 11.5. The molecule has 0 saturated carbocycles. The van der Waals surface area contributed by atoms with Gasteiger partial charge in [-0.2, -0.15) is 0 Å². The fourth-order valence-corrected chi connectivity index (χ4v) is 3.25. The standard InChI is InChI=1S/C18H27NO2/c1-6-18(4,5)13-7-8-15-12(9-13)10-14(17(20)21)16(19-15)11(2)3/h10-11,13H,6-9H2,1-5H3,(H,20,21). The van der Waals surface area contributed by atoms with E-state index in [-0.39, 0.29) is 5.92 Å². The van der Waals surface area contributed by atoms with Gasteiger partial charge in [0.1, 0.15) is 0 Å². The Bertz CT molecular complexity index is 546. The molecule has 116 valence electrons. The number of fused-ring (bicyclic) bond motifs is 1. The number of aromatic carboxylic acids is 1. The molecule has 0 saturated heterocycles. The molecule has 0 aliphatic heterocycles. The van der Waals surface area contributed by atoms with E-state index in [1.807, 2.05) is 19.9 Å². The fraction of sp³-hybridized carbons (Fsp3) is 0.667. The fourth-order valence-electron chi connectivity index (χ4n) is 3.25. The third-order valence-electron chi connectivity index (χ3n) is 5.21. The maximum Gasteiger partial charge on any atom is 0.337 e. The zero-order valence-corrected chi connectivity index (χ0v) is 13.9. The van der Waals surface area contributed by atoms with Gasteiger partial charge in [-0.3, -0.25) is 4.98 Å². The highest BCUT2D eigenvalue weighted by Gasteiger charge is 2.32. The van der Waals surface area contributed by atoms with Crippen LogP contribution >= 0.6 is 0 Å². The average Bonchev–Trinajstić information content (AvgIpc) is 2.44. The second kappa shape index (κ2) is 5.78. The van der Waals surface area contributed by atoms with E-state index in [1.54, 1.807) is 0 Å². The summed E-state index contributed by atoms with van der Waals surface area (Å²) >= 11 is 0. The molecule has 1 aliphatic carbocycles. The third-order valence-corrected chi connectivity index (χ3v) is 5.21. The van der Waals surface area contributed by atoms with Gasteiger partial charge < -0.3 is 5.11 Å². The number of nitrogens with zero attached hydrogens (tertiary/aromatic N) is 1. The number of hydrogen-bond acceptors (Lipinski definition) is 2. The van der Waals surface area contributed by atoms with Crippen molar-refractivity contribution >= 4 is 5.97 Å². The number of carboxylic acid groups (broad SMARTS) is 1. The molecule has 0 amide bonds. The van der Waals surface area contributed by atoms with Crippen molar-refractivity contribution < 1.29 is 9.90 Å². The summed E-state index contributed by atoms with van der Waals surface area (Å²) in [5, 5.41) is 9.45. The van der Waals surface area contributed by atoms with E-state index < -0.39 is 5.97 Å². The van der Waals surface area contributed by atoms with E-state index >= 15 is 0 Å².